The molecular formula is C144H90F2. The lowest BCUT2D eigenvalue weighted by molar-refractivity contribution is 0.627. The molecule has 0 atom stereocenters. The lowest BCUT2D eigenvalue weighted by Crippen LogP contribution is -1.95. The van der Waals surface area contributed by atoms with Crippen LogP contribution in [0.3, 0.4) is 0 Å². The molecule has 28 aromatic rings. The Kier molecular flexibility index (Phi) is 21.5. The van der Waals surface area contributed by atoms with E-state index in [2.05, 4.69) is 497 Å². The second-order valence-electron chi connectivity index (χ2n) is 38.5. The quantitative estimate of drug-likeness (QED) is 0.0846. The summed E-state index contributed by atoms with van der Waals surface area (Å²) >= 11 is 0. The van der Waals surface area contributed by atoms with Crippen LogP contribution in [0.4, 0.5) is 8.78 Å². The van der Waals surface area contributed by atoms with Crippen LogP contribution in [0.1, 0.15) is 0 Å². The van der Waals surface area contributed by atoms with Crippen molar-refractivity contribution in [1.29, 1.82) is 0 Å². The molecule has 0 nitrogen and oxygen atoms in total. The summed E-state index contributed by atoms with van der Waals surface area (Å²) in [5.41, 5.74) is 36.9. The molecule has 680 valence electrons. The third-order valence-corrected chi connectivity index (χ3v) is 30.2. The van der Waals surface area contributed by atoms with Gasteiger partial charge in [-0.2, -0.15) is 0 Å². The summed E-state index contributed by atoms with van der Waals surface area (Å²) in [6.07, 6.45) is 0. The van der Waals surface area contributed by atoms with Gasteiger partial charge in [-0.05, 0) is 371 Å². The van der Waals surface area contributed by atoms with Gasteiger partial charge < -0.3 is 0 Å². The van der Waals surface area contributed by atoms with Gasteiger partial charge in [-0.3, -0.25) is 0 Å². The summed E-state index contributed by atoms with van der Waals surface area (Å²) in [6, 6.07) is 197. The van der Waals surface area contributed by atoms with E-state index in [1.165, 1.54) is 198 Å². The number of halogens is 2. The van der Waals surface area contributed by atoms with Gasteiger partial charge in [0.1, 0.15) is 11.6 Å². The molecule has 2 heteroatoms. The Morgan fingerprint density at radius 1 is 0.0890 bits per heavy atom. The van der Waals surface area contributed by atoms with Crippen molar-refractivity contribution in [2.45, 2.75) is 0 Å². The fraction of sp³-hybridized carbons (Fsp3) is 0. The van der Waals surface area contributed by atoms with Crippen molar-refractivity contribution in [1.82, 2.24) is 0 Å². The fourth-order valence-electron chi connectivity index (χ4n) is 23.1. The molecule has 0 saturated heterocycles. The Morgan fingerprint density at radius 3 is 0.452 bits per heavy atom. The lowest BCUT2D eigenvalue weighted by atomic mass is 9.81. The smallest absolute Gasteiger partial charge is 0.123 e. The minimum Gasteiger partial charge on any atom is -0.207 e. The molecule has 0 aliphatic heterocycles. The number of hydrogen-bond donors (Lipinski definition) is 0. The Hall–Kier alpha value is -18.9. The number of rotatable bonds is 16. The highest BCUT2D eigenvalue weighted by atomic mass is 19.1. The Labute approximate surface area is 846 Å². The average molecular weight is 1860 g/mol. The van der Waals surface area contributed by atoms with E-state index >= 15 is 0 Å². The average Bonchev–Trinajstić information content (AvgIpc) is 0.754. The van der Waals surface area contributed by atoms with Crippen LogP contribution < -0.4 is 0 Å². The molecule has 28 aromatic carbocycles. The van der Waals surface area contributed by atoms with Crippen molar-refractivity contribution in [3.05, 3.63) is 558 Å². The molecule has 0 spiro atoms. The SMILES string of the molecule is Fc1ccc(-c2cc(-c3ccc(-c4cccc5ccccc45)cc3)c3ccc4c(-c5ccc(F)cc5)cc(-c5ccc(-c6cccc7ccccc67)cc5)c5ccc2c3c45)cc1.c1ccc(-c2cc(-c3ccccc3)cc(-c3cc(-c4ccc(-c5cccc6ccccc56)cc4)c4ccc5c(-c6cc(-c7ccccc7)cc(-c7ccccc7)c6)cc(-c6ccc(-c7cccc8ccccc78)cc6)c6ccc3c4c65)c2)cc1. The van der Waals surface area contributed by atoms with Crippen LogP contribution in [0.2, 0.25) is 0 Å². The third-order valence-electron chi connectivity index (χ3n) is 30.2. The fourth-order valence-corrected chi connectivity index (χ4v) is 23.1. The van der Waals surface area contributed by atoms with Crippen molar-refractivity contribution in [3.63, 3.8) is 0 Å². The van der Waals surface area contributed by atoms with E-state index in [4.69, 9.17) is 0 Å². The molecule has 0 aromatic heterocycles. The van der Waals surface area contributed by atoms with Crippen LogP contribution in [0.15, 0.2) is 546 Å². The van der Waals surface area contributed by atoms with Crippen LogP contribution >= 0.6 is 0 Å². The highest BCUT2D eigenvalue weighted by Gasteiger charge is 2.27. The summed E-state index contributed by atoms with van der Waals surface area (Å²) in [5.74, 6) is -0.536. The standard InChI is InChI=1S/C84H54.C60H36F2/c1-5-19-55(20-6-1)65-47-66(56-21-7-2-8-22-56)50-69(49-65)81-53-79(63-39-35-61(36-40-63)73-33-17-29-59-27-13-15-31-71(59)73)75-44-46-78-82(70-51-67(57-23-9-3-10-24-57)48-68(52-70)58-25-11-4-12-26-58)54-80(76-43-45-77(81)83(75)84(76)78)64-41-37-62(38-42-64)74-34-18-30-60-28-14-16-32-72(60)74;61-45-27-23-43(24-28-45)57-35-55(41-19-15-39(16-20-41)49-13-5-9-37-7-1-3-11-47(37)49)51-31-33-54-58(44-25-29-46(62)30-26-44)36-56(52-32-34-53(57)59(51)60(52)54)42-21-17-40(18-22-42)50-14-6-10-38-8-2-4-12-48(38)50/h1-54H;1-36H. The summed E-state index contributed by atoms with van der Waals surface area (Å²) < 4.78 is 28.9. The summed E-state index contributed by atoms with van der Waals surface area (Å²) in [5, 5.41) is 24.0. The second kappa shape index (κ2) is 36.3. The molecule has 28 rings (SSSR count). The first-order valence-corrected chi connectivity index (χ1v) is 50.2. The molecule has 0 amide bonds. The first-order chi connectivity index (χ1) is 72.2. The molecule has 0 radical (unpaired) electrons. The van der Waals surface area contributed by atoms with E-state index < -0.39 is 0 Å². The van der Waals surface area contributed by atoms with Crippen LogP contribution in [0, 0.1) is 11.6 Å². The minimum absolute atomic E-state index is 0.268. The van der Waals surface area contributed by atoms with Gasteiger partial charge in [0.25, 0.3) is 0 Å². The molecule has 0 N–H and O–H groups in total. The summed E-state index contributed by atoms with van der Waals surface area (Å²) in [4.78, 5) is 0. The zero-order chi connectivity index (χ0) is 96.8. The lowest BCUT2D eigenvalue weighted by Gasteiger charge is -2.22. The topological polar surface area (TPSA) is 0 Å². The number of benzene rings is 28. The summed E-state index contributed by atoms with van der Waals surface area (Å²) in [6.45, 7) is 0. The van der Waals surface area contributed by atoms with Gasteiger partial charge in [-0.1, -0.05) is 461 Å². The first kappa shape index (κ1) is 86.3. The monoisotopic (exact) mass is 1860 g/mol. The van der Waals surface area contributed by atoms with E-state index in [0.717, 1.165) is 88.0 Å². The predicted molar refractivity (Wildman–Crippen MR) is 617 cm³/mol. The van der Waals surface area contributed by atoms with Crippen LogP contribution in [-0.2, 0) is 0 Å². The zero-order valence-electron chi connectivity index (χ0n) is 79.7. The molecular weight excluding hydrogens is 1770 g/mol. The van der Waals surface area contributed by atoms with Crippen molar-refractivity contribution in [2.24, 2.45) is 0 Å². The maximum absolute atomic E-state index is 14.5. The van der Waals surface area contributed by atoms with Gasteiger partial charge in [0, 0.05) is 0 Å². The van der Waals surface area contributed by atoms with Crippen LogP contribution in [0.5, 0.6) is 0 Å². The minimum atomic E-state index is -0.268. The van der Waals surface area contributed by atoms with Gasteiger partial charge in [0.05, 0.1) is 0 Å². The maximum atomic E-state index is 14.5. The zero-order valence-corrected chi connectivity index (χ0v) is 79.7. The Balaban J connectivity index is 0.000000151. The van der Waals surface area contributed by atoms with Gasteiger partial charge >= 0.3 is 0 Å². The van der Waals surface area contributed by atoms with Crippen molar-refractivity contribution in [2.75, 3.05) is 0 Å². The molecule has 146 heavy (non-hydrogen) atoms. The van der Waals surface area contributed by atoms with Gasteiger partial charge in [0.15, 0.2) is 0 Å². The molecule has 0 unspecified atom stereocenters. The second-order valence-corrected chi connectivity index (χ2v) is 38.5. The molecule has 0 heterocycles. The predicted octanol–water partition coefficient (Wildman–Crippen LogP) is 40.7. The molecule has 0 saturated carbocycles. The van der Waals surface area contributed by atoms with Crippen molar-refractivity contribution >= 4 is 108 Å². The molecule has 0 fully saturated rings. The van der Waals surface area contributed by atoms with Gasteiger partial charge in [0.2, 0.25) is 0 Å². The van der Waals surface area contributed by atoms with E-state index in [9.17, 15) is 8.78 Å². The van der Waals surface area contributed by atoms with Crippen LogP contribution in [-0.4, -0.2) is 0 Å². The largest absolute Gasteiger partial charge is 0.207 e. The van der Waals surface area contributed by atoms with Gasteiger partial charge in [-0.15, -0.1) is 0 Å². The van der Waals surface area contributed by atoms with E-state index in [1.807, 2.05) is 24.3 Å². The number of fused-ring (bicyclic) bond motifs is 4. The molecule has 0 aliphatic carbocycles. The number of hydrogen-bond acceptors (Lipinski definition) is 0. The Bertz CT molecular complexity index is 9200. The van der Waals surface area contributed by atoms with E-state index in [-0.39, 0.29) is 11.6 Å². The molecule has 0 bridgehead atoms. The van der Waals surface area contributed by atoms with Crippen molar-refractivity contribution < 1.29 is 8.78 Å². The van der Waals surface area contributed by atoms with E-state index in [1.54, 1.807) is 24.3 Å². The van der Waals surface area contributed by atoms with Crippen molar-refractivity contribution in [3.8, 4) is 178 Å². The van der Waals surface area contributed by atoms with Crippen LogP contribution in [0.25, 0.3) is 286 Å². The Morgan fingerprint density at radius 2 is 0.247 bits per heavy atom. The summed E-state index contributed by atoms with van der Waals surface area (Å²) in [7, 11) is 0. The van der Waals surface area contributed by atoms with Gasteiger partial charge in [-0.25, -0.2) is 8.78 Å². The highest BCUT2D eigenvalue weighted by Crippen LogP contribution is 2.54. The van der Waals surface area contributed by atoms with E-state index in [0.29, 0.717) is 0 Å². The third kappa shape index (κ3) is 15.5. The first-order valence-electron chi connectivity index (χ1n) is 50.2. The normalized spacial score (nSPS) is 11.6. The maximum Gasteiger partial charge on any atom is 0.123 e. The highest BCUT2D eigenvalue weighted by molar-refractivity contribution is 6.34. The molecule has 0 aliphatic rings.